The Balaban J connectivity index is 1.45. The number of nitrogens with zero attached hydrogens (tertiary/aromatic N) is 1. The summed E-state index contributed by atoms with van der Waals surface area (Å²) in [5.74, 6) is -0.0110. The lowest BCUT2D eigenvalue weighted by Gasteiger charge is -2.42. The number of aromatic hydroxyl groups is 1. The zero-order valence-corrected chi connectivity index (χ0v) is 20.2. The first-order chi connectivity index (χ1) is 15.6. The third-order valence-electron chi connectivity index (χ3n) is 7.39. The maximum atomic E-state index is 12.9. The molecule has 0 atom stereocenters. The summed E-state index contributed by atoms with van der Waals surface area (Å²) < 4.78 is 5.69. The number of carbonyl (C=O) groups is 2. The van der Waals surface area contributed by atoms with E-state index in [2.05, 4.69) is 33.8 Å². The van der Waals surface area contributed by atoms with Gasteiger partial charge in [-0.2, -0.15) is 0 Å². The summed E-state index contributed by atoms with van der Waals surface area (Å²) in [6.07, 6.45) is 5.34. The first-order valence-electron chi connectivity index (χ1n) is 12.0. The molecule has 0 bridgehead atoms. The maximum Gasteiger partial charge on any atom is 0.257 e. The van der Waals surface area contributed by atoms with E-state index in [-0.39, 0.29) is 40.4 Å². The molecule has 0 radical (unpaired) electrons. The van der Waals surface area contributed by atoms with E-state index in [9.17, 15) is 14.7 Å². The number of ether oxygens (including phenoxy) is 1. The van der Waals surface area contributed by atoms with Gasteiger partial charge in [0.1, 0.15) is 11.5 Å². The Kier molecular flexibility index (Phi) is 6.26. The van der Waals surface area contributed by atoms with Crippen molar-refractivity contribution in [3.8, 4) is 11.5 Å². The highest BCUT2D eigenvalue weighted by Crippen LogP contribution is 2.45. The number of hydrogen-bond acceptors (Lipinski definition) is 4. The molecule has 1 N–H and O–H groups in total. The van der Waals surface area contributed by atoms with Gasteiger partial charge in [-0.05, 0) is 72.3 Å². The number of benzene rings is 2. The number of phenols is 1. The molecular weight excluding hydrogens is 414 g/mol. The molecule has 2 aromatic rings. The highest BCUT2D eigenvalue weighted by atomic mass is 16.5. The Hall–Kier alpha value is -2.82. The van der Waals surface area contributed by atoms with E-state index in [1.54, 1.807) is 17.0 Å². The van der Waals surface area contributed by atoms with Gasteiger partial charge in [0.25, 0.3) is 5.91 Å². The summed E-state index contributed by atoms with van der Waals surface area (Å²) in [6, 6.07) is 10.7. The van der Waals surface area contributed by atoms with Crippen molar-refractivity contribution >= 4 is 11.7 Å². The fourth-order valence-corrected chi connectivity index (χ4v) is 5.04. The average molecular weight is 450 g/mol. The van der Waals surface area contributed by atoms with Crippen molar-refractivity contribution in [3.63, 3.8) is 0 Å². The van der Waals surface area contributed by atoms with Crippen LogP contribution in [0.3, 0.4) is 0 Å². The fraction of sp³-hybridized carbons (Fsp3) is 0.500. The SMILES string of the molecule is CC1(C)CCC(C)(C)c2cc(C(=O)COc3ccc(C(=O)N4CCCCC4)c(O)c3)ccc21. The van der Waals surface area contributed by atoms with Gasteiger partial charge < -0.3 is 14.7 Å². The van der Waals surface area contributed by atoms with Gasteiger partial charge in [0, 0.05) is 24.7 Å². The van der Waals surface area contributed by atoms with Crippen LogP contribution >= 0.6 is 0 Å². The van der Waals surface area contributed by atoms with Crippen molar-refractivity contribution in [2.45, 2.75) is 70.6 Å². The quantitative estimate of drug-likeness (QED) is 0.601. The number of rotatable bonds is 5. The molecule has 1 saturated heterocycles. The Morgan fingerprint density at radius 1 is 0.909 bits per heavy atom. The molecule has 1 aliphatic heterocycles. The van der Waals surface area contributed by atoms with Gasteiger partial charge in [-0.25, -0.2) is 0 Å². The summed E-state index contributed by atoms with van der Waals surface area (Å²) in [5.41, 5.74) is 3.60. The van der Waals surface area contributed by atoms with Crippen molar-refractivity contribution < 1.29 is 19.4 Å². The van der Waals surface area contributed by atoms with Gasteiger partial charge in [0.2, 0.25) is 0 Å². The molecule has 1 heterocycles. The molecule has 0 unspecified atom stereocenters. The summed E-state index contributed by atoms with van der Waals surface area (Å²) in [4.78, 5) is 27.3. The second kappa shape index (κ2) is 8.85. The maximum absolute atomic E-state index is 12.9. The van der Waals surface area contributed by atoms with E-state index in [4.69, 9.17) is 4.74 Å². The lowest BCUT2D eigenvalue weighted by Crippen LogP contribution is -2.35. The lowest BCUT2D eigenvalue weighted by molar-refractivity contribution is 0.0720. The molecular formula is C28H35NO4. The molecule has 1 fully saturated rings. The van der Waals surface area contributed by atoms with E-state index in [1.165, 1.54) is 17.2 Å². The minimum absolute atomic E-state index is 0.0323. The Morgan fingerprint density at radius 3 is 2.24 bits per heavy atom. The molecule has 0 aromatic heterocycles. The van der Waals surface area contributed by atoms with Gasteiger partial charge in [-0.1, -0.05) is 39.8 Å². The number of ketones is 1. The first-order valence-corrected chi connectivity index (χ1v) is 12.0. The van der Waals surface area contributed by atoms with Crippen LogP contribution in [-0.2, 0) is 10.8 Å². The second-order valence-electron chi connectivity index (χ2n) is 10.8. The van der Waals surface area contributed by atoms with Crippen LogP contribution in [0.1, 0.15) is 91.6 Å². The predicted molar refractivity (Wildman–Crippen MR) is 129 cm³/mol. The number of Topliss-reactive ketones (excluding diaryl/α,β-unsaturated/α-hetero) is 1. The standard InChI is InChI=1S/C28H35NO4/c1-27(2)12-13-28(3,4)23-16-19(8-11-22(23)27)25(31)18-33-20-9-10-21(24(30)17-20)26(32)29-14-6-5-7-15-29/h8-11,16-17,30H,5-7,12-15,18H2,1-4H3. The molecule has 176 valence electrons. The average Bonchev–Trinajstić information content (AvgIpc) is 2.80. The first kappa shape index (κ1) is 23.3. The zero-order valence-electron chi connectivity index (χ0n) is 20.2. The van der Waals surface area contributed by atoms with Gasteiger partial charge in [0.05, 0.1) is 5.56 Å². The molecule has 5 heteroatoms. The van der Waals surface area contributed by atoms with Gasteiger partial charge in [-0.15, -0.1) is 0 Å². The summed E-state index contributed by atoms with van der Waals surface area (Å²) >= 11 is 0. The molecule has 2 aliphatic rings. The zero-order chi connectivity index (χ0) is 23.8. The van der Waals surface area contributed by atoms with E-state index in [0.29, 0.717) is 11.3 Å². The van der Waals surface area contributed by atoms with Crippen LogP contribution in [0.25, 0.3) is 0 Å². The van der Waals surface area contributed by atoms with Crippen molar-refractivity contribution in [2.75, 3.05) is 19.7 Å². The largest absolute Gasteiger partial charge is 0.507 e. The highest BCUT2D eigenvalue weighted by Gasteiger charge is 2.37. The number of amides is 1. The Labute approximate surface area is 196 Å². The molecule has 1 aliphatic carbocycles. The van der Waals surface area contributed by atoms with E-state index in [1.807, 2.05) is 12.1 Å². The molecule has 1 amide bonds. The summed E-state index contributed by atoms with van der Waals surface area (Å²) in [7, 11) is 0. The second-order valence-corrected chi connectivity index (χ2v) is 10.8. The van der Waals surface area contributed by atoms with Crippen molar-refractivity contribution in [1.29, 1.82) is 0 Å². The highest BCUT2D eigenvalue weighted by molar-refractivity contribution is 5.98. The normalized spacial score (nSPS) is 19.0. The fourth-order valence-electron chi connectivity index (χ4n) is 5.04. The van der Waals surface area contributed by atoms with Crippen LogP contribution < -0.4 is 4.74 Å². The molecule has 0 spiro atoms. The van der Waals surface area contributed by atoms with Crippen LogP contribution in [0.2, 0.25) is 0 Å². The summed E-state index contributed by atoms with van der Waals surface area (Å²) in [5, 5.41) is 10.4. The minimum atomic E-state index is -0.158. The number of phenolic OH excluding ortho intramolecular Hbond substituents is 1. The van der Waals surface area contributed by atoms with Crippen LogP contribution in [0.4, 0.5) is 0 Å². The van der Waals surface area contributed by atoms with Gasteiger partial charge >= 0.3 is 0 Å². The van der Waals surface area contributed by atoms with Gasteiger partial charge in [-0.3, -0.25) is 9.59 Å². The molecule has 2 aromatic carbocycles. The number of hydrogen-bond donors (Lipinski definition) is 1. The van der Waals surface area contributed by atoms with E-state index < -0.39 is 0 Å². The third-order valence-corrected chi connectivity index (χ3v) is 7.39. The van der Waals surface area contributed by atoms with Crippen LogP contribution in [0.5, 0.6) is 11.5 Å². The Morgan fingerprint density at radius 2 is 1.58 bits per heavy atom. The van der Waals surface area contributed by atoms with Crippen molar-refractivity contribution in [3.05, 3.63) is 58.7 Å². The van der Waals surface area contributed by atoms with E-state index >= 15 is 0 Å². The Bertz CT molecular complexity index is 1060. The lowest BCUT2D eigenvalue weighted by atomic mass is 9.63. The van der Waals surface area contributed by atoms with Crippen LogP contribution in [0.15, 0.2) is 36.4 Å². The van der Waals surface area contributed by atoms with Crippen molar-refractivity contribution in [2.24, 2.45) is 0 Å². The van der Waals surface area contributed by atoms with Crippen LogP contribution in [-0.4, -0.2) is 41.4 Å². The summed E-state index contributed by atoms with van der Waals surface area (Å²) in [6.45, 7) is 10.3. The van der Waals surface area contributed by atoms with Crippen LogP contribution in [0, 0.1) is 0 Å². The number of fused-ring (bicyclic) bond motifs is 1. The van der Waals surface area contributed by atoms with Crippen molar-refractivity contribution in [1.82, 2.24) is 4.90 Å². The molecule has 33 heavy (non-hydrogen) atoms. The number of piperidine rings is 1. The smallest absolute Gasteiger partial charge is 0.257 e. The number of likely N-dealkylation sites (tertiary alicyclic amines) is 1. The number of carbonyl (C=O) groups excluding carboxylic acids is 2. The topological polar surface area (TPSA) is 66.8 Å². The van der Waals surface area contributed by atoms with E-state index in [0.717, 1.165) is 45.2 Å². The monoisotopic (exact) mass is 449 g/mol. The predicted octanol–water partition coefficient (Wildman–Crippen LogP) is 5.63. The molecule has 0 saturated carbocycles. The minimum Gasteiger partial charge on any atom is -0.507 e. The van der Waals surface area contributed by atoms with Gasteiger partial charge in [0.15, 0.2) is 12.4 Å². The molecule has 4 rings (SSSR count). The molecule has 5 nitrogen and oxygen atoms in total. The third kappa shape index (κ3) is 4.78.